The van der Waals surface area contributed by atoms with Gasteiger partial charge in [-0.2, -0.15) is 4.98 Å². The summed E-state index contributed by atoms with van der Waals surface area (Å²) in [4.78, 5) is 43.9. The van der Waals surface area contributed by atoms with Crippen molar-refractivity contribution in [2.45, 2.75) is 38.6 Å². The summed E-state index contributed by atoms with van der Waals surface area (Å²) < 4.78 is 33.5. The minimum absolute atomic E-state index is 0.0573. The zero-order chi connectivity index (χ0) is 23.9. The average Bonchev–Trinajstić information content (AvgIpc) is 3.11. The Morgan fingerprint density at radius 3 is 2.67 bits per heavy atom. The molecule has 0 bridgehead atoms. The number of nitrogens with one attached hydrogen (secondary N) is 1. The molecule has 2 amide bonds. The van der Waals surface area contributed by atoms with Gasteiger partial charge in [0, 0.05) is 25.7 Å². The molecule has 2 aliphatic heterocycles. The van der Waals surface area contributed by atoms with Crippen LogP contribution in [-0.4, -0.2) is 62.8 Å². The lowest BCUT2D eigenvalue weighted by Gasteiger charge is -2.41. The van der Waals surface area contributed by atoms with Gasteiger partial charge in [-0.1, -0.05) is 6.07 Å². The standard InChI is InChI=1S/C21H23F2N5O5/c1-21(2,25-20(31)32)18(29)26-5-6-27-13(9-26)10-28-17(27)8-16(24-19(28)30)33-11-12-3-4-14(22)15(23)7-12/h3-4,7-8,13,25H,5-6,9-11H2,1-2H3,(H,31,32). The first-order valence-corrected chi connectivity index (χ1v) is 10.3. The van der Waals surface area contributed by atoms with Crippen LogP contribution in [0, 0.1) is 11.6 Å². The number of hydrogen-bond donors (Lipinski definition) is 2. The molecule has 0 aliphatic carbocycles. The predicted octanol–water partition coefficient (Wildman–Crippen LogP) is 1.18. The van der Waals surface area contributed by atoms with Crippen molar-refractivity contribution in [1.29, 1.82) is 0 Å². The molecule has 2 aromatic rings. The van der Waals surface area contributed by atoms with Crippen LogP contribution in [0.5, 0.6) is 5.88 Å². The van der Waals surface area contributed by atoms with E-state index in [0.717, 1.165) is 12.1 Å². The highest BCUT2D eigenvalue weighted by atomic mass is 19.2. The first-order chi connectivity index (χ1) is 15.5. The van der Waals surface area contributed by atoms with Crippen LogP contribution in [0.3, 0.4) is 0 Å². The van der Waals surface area contributed by atoms with Gasteiger partial charge in [0.15, 0.2) is 11.6 Å². The van der Waals surface area contributed by atoms with Crippen LogP contribution in [0.1, 0.15) is 19.4 Å². The molecule has 1 aromatic carbocycles. The molecule has 2 N–H and O–H groups in total. The number of ether oxygens (including phenoxy) is 1. The maximum absolute atomic E-state index is 13.4. The fraction of sp³-hybridized carbons (Fsp3) is 0.429. The van der Waals surface area contributed by atoms with E-state index in [1.54, 1.807) is 11.0 Å². The number of amides is 2. The third kappa shape index (κ3) is 4.45. The summed E-state index contributed by atoms with van der Waals surface area (Å²) in [6, 6.07) is 4.82. The number of aromatic nitrogens is 2. The number of rotatable bonds is 5. The Labute approximate surface area is 187 Å². The number of benzene rings is 1. The van der Waals surface area contributed by atoms with E-state index < -0.39 is 29.0 Å². The van der Waals surface area contributed by atoms with E-state index in [2.05, 4.69) is 10.3 Å². The summed E-state index contributed by atoms with van der Waals surface area (Å²) in [6.07, 6.45) is -1.28. The van der Waals surface area contributed by atoms with Crippen LogP contribution in [0.4, 0.5) is 19.4 Å². The monoisotopic (exact) mass is 463 g/mol. The second kappa shape index (κ2) is 8.34. The quantitative estimate of drug-likeness (QED) is 0.684. The van der Waals surface area contributed by atoms with E-state index >= 15 is 0 Å². The number of carbonyl (C=O) groups is 2. The van der Waals surface area contributed by atoms with Crippen molar-refractivity contribution in [3.8, 4) is 5.88 Å². The molecular formula is C21H23F2N5O5. The summed E-state index contributed by atoms with van der Waals surface area (Å²) >= 11 is 0. The molecule has 176 valence electrons. The summed E-state index contributed by atoms with van der Waals surface area (Å²) in [6.45, 7) is 4.34. The number of fused-ring (bicyclic) bond motifs is 3. The number of halogens is 2. The summed E-state index contributed by atoms with van der Waals surface area (Å²) in [5, 5.41) is 11.2. The van der Waals surface area contributed by atoms with Crippen molar-refractivity contribution in [2.75, 3.05) is 24.5 Å². The van der Waals surface area contributed by atoms with Gasteiger partial charge in [0.25, 0.3) is 0 Å². The van der Waals surface area contributed by atoms with Crippen LogP contribution in [0.15, 0.2) is 29.1 Å². The van der Waals surface area contributed by atoms with Gasteiger partial charge in [-0.15, -0.1) is 0 Å². The Bertz CT molecular complexity index is 1170. The molecule has 10 nitrogen and oxygen atoms in total. The zero-order valence-corrected chi connectivity index (χ0v) is 18.0. The third-order valence-electron chi connectivity index (χ3n) is 5.75. The molecule has 0 saturated carbocycles. The van der Waals surface area contributed by atoms with Gasteiger partial charge < -0.3 is 25.0 Å². The normalized spacial score (nSPS) is 17.4. The van der Waals surface area contributed by atoms with Gasteiger partial charge in [-0.25, -0.2) is 18.4 Å². The summed E-state index contributed by atoms with van der Waals surface area (Å²) in [5.41, 5.74) is -1.41. The number of carbonyl (C=O) groups excluding carboxylic acids is 1. The molecule has 0 spiro atoms. The van der Waals surface area contributed by atoms with E-state index in [4.69, 9.17) is 9.84 Å². The van der Waals surface area contributed by atoms with Crippen molar-refractivity contribution in [2.24, 2.45) is 0 Å². The molecule has 2 aliphatic rings. The van der Waals surface area contributed by atoms with E-state index in [-0.39, 0.29) is 24.4 Å². The molecule has 1 aromatic heterocycles. The third-order valence-corrected chi connectivity index (χ3v) is 5.75. The Morgan fingerprint density at radius 1 is 1.21 bits per heavy atom. The molecule has 1 atom stereocenters. The van der Waals surface area contributed by atoms with Crippen molar-refractivity contribution in [3.05, 3.63) is 51.9 Å². The van der Waals surface area contributed by atoms with Crippen LogP contribution >= 0.6 is 0 Å². The highest BCUT2D eigenvalue weighted by Crippen LogP contribution is 2.30. The summed E-state index contributed by atoms with van der Waals surface area (Å²) in [7, 11) is 0. The van der Waals surface area contributed by atoms with Gasteiger partial charge >= 0.3 is 11.8 Å². The molecule has 1 fully saturated rings. The van der Waals surface area contributed by atoms with Crippen molar-refractivity contribution < 1.29 is 28.2 Å². The second-order valence-electron chi connectivity index (χ2n) is 8.54. The lowest BCUT2D eigenvalue weighted by Crippen LogP contribution is -2.61. The Hall–Kier alpha value is -3.70. The average molecular weight is 463 g/mol. The fourth-order valence-electron chi connectivity index (χ4n) is 4.17. The van der Waals surface area contributed by atoms with Crippen LogP contribution in [0.2, 0.25) is 0 Å². The van der Waals surface area contributed by atoms with E-state index in [0.29, 0.717) is 37.6 Å². The minimum atomic E-state index is -1.28. The van der Waals surface area contributed by atoms with Gasteiger partial charge in [-0.05, 0) is 31.5 Å². The first-order valence-electron chi connectivity index (χ1n) is 10.3. The van der Waals surface area contributed by atoms with Crippen LogP contribution in [0.25, 0.3) is 0 Å². The molecular weight excluding hydrogens is 440 g/mol. The molecule has 33 heavy (non-hydrogen) atoms. The molecule has 3 heterocycles. The second-order valence-corrected chi connectivity index (χ2v) is 8.54. The maximum atomic E-state index is 13.4. The largest absolute Gasteiger partial charge is 0.473 e. The zero-order valence-electron chi connectivity index (χ0n) is 18.0. The van der Waals surface area contributed by atoms with Crippen molar-refractivity contribution in [3.63, 3.8) is 0 Å². The Balaban J connectivity index is 1.47. The molecule has 4 rings (SSSR count). The van der Waals surface area contributed by atoms with E-state index in [9.17, 15) is 23.2 Å². The minimum Gasteiger partial charge on any atom is -0.473 e. The van der Waals surface area contributed by atoms with Crippen LogP contribution in [-0.2, 0) is 17.9 Å². The number of piperazine rings is 1. The highest BCUT2D eigenvalue weighted by Gasteiger charge is 2.41. The van der Waals surface area contributed by atoms with Gasteiger partial charge in [0.2, 0.25) is 11.8 Å². The van der Waals surface area contributed by atoms with Crippen molar-refractivity contribution in [1.82, 2.24) is 19.8 Å². The lowest BCUT2D eigenvalue weighted by atomic mass is 10.0. The maximum Gasteiger partial charge on any atom is 0.405 e. The van der Waals surface area contributed by atoms with Gasteiger partial charge in [-0.3, -0.25) is 9.36 Å². The van der Waals surface area contributed by atoms with E-state index in [1.165, 1.54) is 24.5 Å². The number of carboxylic acid groups (broad SMARTS) is 1. The molecule has 1 saturated heterocycles. The topological polar surface area (TPSA) is 117 Å². The molecule has 1 unspecified atom stereocenters. The van der Waals surface area contributed by atoms with Crippen molar-refractivity contribution >= 4 is 17.8 Å². The fourth-order valence-corrected chi connectivity index (χ4v) is 4.17. The first kappa shape index (κ1) is 22.5. The lowest BCUT2D eigenvalue weighted by molar-refractivity contribution is -0.137. The Kier molecular flexibility index (Phi) is 5.68. The van der Waals surface area contributed by atoms with E-state index in [1.807, 2.05) is 4.90 Å². The summed E-state index contributed by atoms with van der Waals surface area (Å²) in [5.74, 6) is -1.65. The van der Waals surface area contributed by atoms with Gasteiger partial charge in [0.05, 0.1) is 12.6 Å². The van der Waals surface area contributed by atoms with Crippen LogP contribution < -0.4 is 20.6 Å². The van der Waals surface area contributed by atoms with Gasteiger partial charge in [0.1, 0.15) is 18.0 Å². The number of hydrogen-bond acceptors (Lipinski definition) is 6. The predicted molar refractivity (Wildman–Crippen MR) is 112 cm³/mol. The number of anilines is 1. The molecule has 0 radical (unpaired) electrons. The molecule has 12 heteroatoms. The SMILES string of the molecule is CC(C)(NC(=O)O)C(=O)N1CCN2c3cc(OCc4ccc(F)c(F)c4)nc(=O)n3CC2C1. The Morgan fingerprint density at radius 2 is 1.97 bits per heavy atom. The number of nitrogens with zero attached hydrogens (tertiary/aromatic N) is 4. The smallest absolute Gasteiger partial charge is 0.405 e. The highest BCUT2D eigenvalue weighted by molar-refractivity contribution is 5.89.